The number of hydrogen-bond donors (Lipinski definition) is 2. The van der Waals surface area contributed by atoms with Crippen LogP contribution in [0, 0.1) is 0 Å². The predicted molar refractivity (Wildman–Crippen MR) is 72.1 cm³/mol. The fraction of sp³-hybridized carbons (Fsp3) is 0.692. The van der Waals surface area contributed by atoms with Crippen molar-refractivity contribution >= 4 is 5.91 Å². The van der Waals surface area contributed by atoms with Gasteiger partial charge in [-0.2, -0.15) is 0 Å². The lowest BCUT2D eigenvalue weighted by atomic mass is 10.2. The molecule has 1 heterocycles. The molecule has 0 aliphatic heterocycles. The molecule has 0 aliphatic carbocycles. The number of imidazole rings is 1. The average Bonchev–Trinajstić information content (AvgIpc) is 2.81. The standard InChI is InChI=1S/C13H24N4O/c1-4-11(3)16-13(18)6-7-14-8-12-9-15-10-17(12)5-2/h9-11,14H,4-8H2,1-3H3,(H,16,18). The van der Waals surface area contributed by atoms with Crippen molar-refractivity contribution in [2.45, 2.75) is 52.7 Å². The zero-order valence-corrected chi connectivity index (χ0v) is 11.6. The zero-order chi connectivity index (χ0) is 13.4. The highest BCUT2D eigenvalue weighted by molar-refractivity contribution is 5.76. The molecule has 1 atom stereocenters. The highest BCUT2D eigenvalue weighted by atomic mass is 16.1. The van der Waals surface area contributed by atoms with Crippen LogP contribution < -0.4 is 10.6 Å². The maximum absolute atomic E-state index is 11.5. The van der Waals surface area contributed by atoms with Gasteiger partial charge in [0.15, 0.2) is 0 Å². The summed E-state index contributed by atoms with van der Waals surface area (Å²) in [5, 5.41) is 6.21. The summed E-state index contributed by atoms with van der Waals surface area (Å²) in [6, 6.07) is 0.263. The van der Waals surface area contributed by atoms with Crippen molar-refractivity contribution < 1.29 is 4.79 Å². The molecule has 0 bridgehead atoms. The molecular weight excluding hydrogens is 228 g/mol. The summed E-state index contributed by atoms with van der Waals surface area (Å²) in [4.78, 5) is 15.6. The lowest BCUT2D eigenvalue weighted by molar-refractivity contribution is -0.121. The van der Waals surface area contributed by atoms with Gasteiger partial charge in [0, 0.05) is 38.3 Å². The number of rotatable bonds is 8. The van der Waals surface area contributed by atoms with Gasteiger partial charge < -0.3 is 15.2 Å². The van der Waals surface area contributed by atoms with Gasteiger partial charge in [-0.05, 0) is 20.3 Å². The summed E-state index contributed by atoms with van der Waals surface area (Å²) in [5.41, 5.74) is 1.15. The quantitative estimate of drug-likeness (QED) is 0.686. The van der Waals surface area contributed by atoms with E-state index >= 15 is 0 Å². The van der Waals surface area contributed by atoms with Gasteiger partial charge in [-0.1, -0.05) is 6.92 Å². The van der Waals surface area contributed by atoms with E-state index in [1.165, 1.54) is 0 Å². The Balaban J connectivity index is 2.17. The van der Waals surface area contributed by atoms with E-state index in [0.717, 1.165) is 25.2 Å². The molecule has 0 saturated heterocycles. The van der Waals surface area contributed by atoms with Gasteiger partial charge in [-0.15, -0.1) is 0 Å². The third-order valence-corrected chi connectivity index (χ3v) is 2.99. The van der Waals surface area contributed by atoms with Crippen molar-refractivity contribution in [1.29, 1.82) is 0 Å². The third-order valence-electron chi connectivity index (χ3n) is 2.99. The highest BCUT2D eigenvalue weighted by Gasteiger charge is 2.05. The number of nitrogens with one attached hydrogen (secondary N) is 2. The summed E-state index contributed by atoms with van der Waals surface area (Å²) >= 11 is 0. The molecule has 1 aromatic heterocycles. The maximum Gasteiger partial charge on any atom is 0.221 e. The summed E-state index contributed by atoms with van der Waals surface area (Å²) < 4.78 is 2.09. The second-order valence-corrected chi connectivity index (χ2v) is 4.47. The van der Waals surface area contributed by atoms with Crippen LogP contribution in [0.15, 0.2) is 12.5 Å². The molecule has 2 N–H and O–H groups in total. The van der Waals surface area contributed by atoms with Gasteiger partial charge in [-0.3, -0.25) is 4.79 Å². The second-order valence-electron chi connectivity index (χ2n) is 4.47. The van der Waals surface area contributed by atoms with E-state index in [9.17, 15) is 4.79 Å². The van der Waals surface area contributed by atoms with Gasteiger partial charge in [0.25, 0.3) is 0 Å². The highest BCUT2D eigenvalue weighted by Crippen LogP contribution is 1.98. The van der Waals surface area contributed by atoms with E-state index < -0.39 is 0 Å². The Labute approximate surface area is 109 Å². The summed E-state index contributed by atoms with van der Waals surface area (Å²) in [6.07, 6.45) is 5.17. The summed E-state index contributed by atoms with van der Waals surface area (Å²) in [5.74, 6) is 0.112. The molecular formula is C13H24N4O. The average molecular weight is 252 g/mol. The van der Waals surface area contributed by atoms with E-state index in [-0.39, 0.29) is 11.9 Å². The topological polar surface area (TPSA) is 59.0 Å². The Kier molecular flexibility index (Phi) is 6.43. The number of nitrogens with zero attached hydrogens (tertiary/aromatic N) is 2. The first-order chi connectivity index (χ1) is 8.67. The van der Waals surface area contributed by atoms with Crippen molar-refractivity contribution in [1.82, 2.24) is 20.2 Å². The molecule has 1 rings (SSSR count). The molecule has 0 aromatic carbocycles. The fourth-order valence-corrected chi connectivity index (χ4v) is 1.65. The molecule has 1 aromatic rings. The summed E-state index contributed by atoms with van der Waals surface area (Å²) in [6.45, 7) is 8.54. The SMILES string of the molecule is CCC(C)NC(=O)CCNCc1cncn1CC. The van der Waals surface area contributed by atoms with Crippen LogP contribution >= 0.6 is 0 Å². The van der Waals surface area contributed by atoms with E-state index in [1.54, 1.807) is 0 Å². The molecule has 5 heteroatoms. The van der Waals surface area contributed by atoms with E-state index in [2.05, 4.69) is 34.0 Å². The van der Waals surface area contributed by atoms with Gasteiger partial charge >= 0.3 is 0 Å². The first kappa shape index (κ1) is 14.7. The first-order valence-electron chi connectivity index (χ1n) is 6.66. The third kappa shape index (κ3) is 4.87. The van der Waals surface area contributed by atoms with Gasteiger partial charge in [-0.25, -0.2) is 4.98 Å². The normalized spacial score (nSPS) is 12.4. The van der Waals surface area contributed by atoms with Crippen LogP contribution in [0.1, 0.15) is 39.3 Å². The number of amides is 1. The van der Waals surface area contributed by atoms with Crippen LogP contribution in [0.5, 0.6) is 0 Å². The Morgan fingerprint density at radius 1 is 1.50 bits per heavy atom. The lowest BCUT2D eigenvalue weighted by Crippen LogP contribution is -2.34. The van der Waals surface area contributed by atoms with Crippen LogP contribution in [0.25, 0.3) is 0 Å². The van der Waals surface area contributed by atoms with Crippen molar-refractivity contribution in [3.63, 3.8) is 0 Å². The molecule has 1 unspecified atom stereocenters. The zero-order valence-electron chi connectivity index (χ0n) is 11.6. The number of aryl methyl sites for hydroxylation is 1. The Morgan fingerprint density at radius 2 is 2.28 bits per heavy atom. The molecule has 18 heavy (non-hydrogen) atoms. The van der Waals surface area contributed by atoms with Crippen LogP contribution in [0.3, 0.4) is 0 Å². The first-order valence-corrected chi connectivity index (χ1v) is 6.66. The molecule has 0 fully saturated rings. The van der Waals surface area contributed by atoms with Crippen molar-refractivity contribution in [3.05, 3.63) is 18.2 Å². The van der Waals surface area contributed by atoms with Crippen LogP contribution in [0.2, 0.25) is 0 Å². The van der Waals surface area contributed by atoms with E-state index in [4.69, 9.17) is 0 Å². The summed E-state index contributed by atoms with van der Waals surface area (Å²) in [7, 11) is 0. The van der Waals surface area contributed by atoms with Crippen molar-refractivity contribution in [2.75, 3.05) is 6.54 Å². The Bertz CT molecular complexity index is 362. The molecule has 1 amide bonds. The minimum atomic E-state index is 0.112. The number of hydrogen-bond acceptors (Lipinski definition) is 3. The van der Waals surface area contributed by atoms with Gasteiger partial charge in [0.1, 0.15) is 0 Å². The molecule has 102 valence electrons. The Hall–Kier alpha value is -1.36. The van der Waals surface area contributed by atoms with Crippen molar-refractivity contribution in [3.8, 4) is 0 Å². The number of aromatic nitrogens is 2. The molecule has 0 aliphatic rings. The second kappa shape index (κ2) is 7.87. The molecule has 0 radical (unpaired) electrons. The minimum absolute atomic E-state index is 0.112. The van der Waals surface area contributed by atoms with E-state index in [0.29, 0.717) is 13.0 Å². The largest absolute Gasteiger partial charge is 0.354 e. The number of carbonyl (C=O) groups excluding carboxylic acids is 1. The number of carbonyl (C=O) groups is 1. The Morgan fingerprint density at radius 3 is 2.94 bits per heavy atom. The monoisotopic (exact) mass is 252 g/mol. The van der Waals surface area contributed by atoms with Gasteiger partial charge in [0.2, 0.25) is 5.91 Å². The van der Waals surface area contributed by atoms with Crippen LogP contribution in [-0.4, -0.2) is 28.0 Å². The maximum atomic E-state index is 11.5. The lowest BCUT2D eigenvalue weighted by Gasteiger charge is -2.11. The molecule has 5 nitrogen and oxygen atoms in total. The van der Waals surface area contributed by atoms with Crippen molar-refractivity contribution in [2.24, 2.45) is 0 Å². The minimum Gasteiger partial charge on any atom is -0.354 e. The predicted octanol–water partition coefficient (Wildman–Crippen LogP) is 1.30. The van der Waals surface area contributed by atoms with E-state index in [1.807, 2.05) is 19.4 Å². The molecule has 0 spiro atoms. The van der Waals surface area contributed by atoms with Crippen LogP contribution in [-0.2, 0) is 17.9 Å². The van der Waals surface area contributed by atoms with Gasteiger partial charge in [0.05, 0.1) is 12.0 Å². The fourth-order valence-electron chi connectivity index (χ4n) is 1.65. The molecule has 0 saturated carbocycles. The smallest absolute Gasteiger partial charge is 0.221 e. The van der Waals surface area contributed by atoms with Crippen LogP contribution in [0.4, 0.5) is 0 Å².